The van der Waals surface area contributed by atoms with Crippen molar-refractivity contribution >= 4 is 58.5 Å². The first-order chi connectivity index (χ1) is 14.9. The number of ether oxygens (including phenoxy) is 2. The smallest absolute Gasteiger partial charge is 0.272 e. The number of benzene rings is 3. The lowest BCUT2D eigenvalue weighted by Crippen LogP contribution is -2.18. The number of carbonyl (C=O) groups excluding carboxylic acids is 1. The van der Waals surface area contributed by atoms with Gasteiger partial charge < -0.3 is 9.47 Å². The van der Waals surface area contributed by atoms with E-state index < -0.39 is 5.91 Å². The van der Waals surface area contributed by atoms with Gasteiger partial charge in [-0.05, 0) is 54.1 Å². The van der Waals surface area contributed by atoms with Gasteiger partial charge in [-0.3, -0.25) is 4.79 Å². The van der Waals surface area contributed by atoms with E-state index in [4.69, 9.17) is 55.9 Å². The summed E-state index contributed by atoms with van der Waals surface area (Å²) in [4.78, 5) is 12.2. The van der Waals surface area contributed by atoms with Crippen LogP contribution in [0.25, 0.3) is 0 Å². The molecule has 0 aliphatic heterocycles. The lowest BCUT2D eigenvalue weighted by Gasteiger charge is -2.12. The van der Waals surface area contributed by atoms with Gasteiger partial charge >= 0.3 is 0 Å². The first kappa shape index (κ1) is 23.2. The van der Waals surface area contributed by atoms with E-state index in [1.807, 2.05) is 0 Å². The highest BCUT2D eigenvalue weighted by Gasteiger charge is 2.10. The van der Waals surface area contributed by atoms with Gasteiger partial charge in [-0.25, -0.2) is 5.43 Å². The predicted octanol–water partition coefficient (Wildman–Crippen LogP) is 6.65. The van der Waals surface area contributed by atoms with Crippen LogP contribution in [-0.4, -0.2) is 19.2 Å². The van der Waals surface area contributed by atoms with Gasteiger partial charge in [0.05, 0.1) is 23.9 Å². The van der Waals surface area contributed by atoms with Crippen molar-refractivity contribution in [1.82, 2.24) is 5.43 Å². The number of hydrogen-bond acceptors (Lipinski definition) is 4. The summed E-state index contributed by atoms with van der Waals surface area (Å²) in [5, 5.41) is 5.72. The molecule has 31 heavy (non-hydrogen) atoms. The summed E-state index contributed by atoms with van der Waals surface area (Å²) in [6.07, 6.45) is 1.48. The van der Waals surface area contributed by atoms with Crippen LogP contribution in [0.3, 0.4) is 0 Å². The van der Waals surface area contributed by atoms with Gasteiger partial charge in [0, 0.05) is 20.6 Å². The number of nitrogens with one attached hydrogen (secondary N) is 1. The van der Waals surface area contributed by atoms with Gasteiger partial charge in [-0.2, -0.15) is 5.10 Å². The van der Waals surface area contributed by atoms with Crippen molar-refractivity contribution < 1.29 is 14.3 Å². The van der Waals surface area contributed by atoms with Crippen LogP contribution in [-0.2, 0) is 6.61 Å². The SMILES string of the molecule is COc1cc(/C=N/NC(=O)c2ccc(Cl)cc2Cl)ccc1OCc1ccc(Cl)cc1Cl. The van der Waals surface area contributed by atoms with E-state index in [9.17, 15) is 4.79 Å². The van der Waals surface area contributed by atoms with Gasteiger partial charge in [0.1, 0.15) is 6.61 Å². The summed E-state index contributed by atoms with van der Waals surface area (Å²) < 4.78 is 11.2. The van der Waals surface area contributed by atoms with Gasteiger partial charge in [0.25, 0.3) is 5.91 Å². The highest BCUT2D eigenvalue weighted by molar-refractivity contribution is 6.36. The standard InChI is InChI=1S/C22H16Cl4N2O3/c1-30-21-8-13(11-27-28-22(29)17-6-5-16(24)10-19(17)26)2-7-20(21)31-12-14-3-4-15(23)9-18(14)25/h2-11H,12H2,1H3,(H,28,29)/b27-11+. The molecule has 0 bridgehead atoms. The quantitative estimate of drug-likeness (QED) is 0.293. The third-order valence-electron chi connectivity index (χ3n) is 4.14. The van der Waals surface area contributed by atoms with E-state index in [1.54, 1.807) is 42.5 Å². The van der Waals surface area contributed by atoms with Crippen molar-refractivity contribution in [2.75, 3.05) is 7.11 Å². The molecule has 0 saturated carbocycles. The van der Waals surface area contributed by atoms with Crippen LogP contribution in [0, 0.1) is 0 Å². The molecule has 0 radical (unpaired) electrons. The third kappa shape index (κ3) is 6.28. The number of rotatable bonds is 7. The van der Waals surface area contributed by atoms with E-state index in [1.165, 1.54) is 25.5 Å². The monoisotopic (exact) mass is 496 g/mol. The fourth-order valence-corrected chi connectivity index (χ4v) is 3.53. The number of nitrogens with zero attached hydrogens (tertiary/aromatic N) is 1. The first-order valence-electron chi connectivity index (χ1n) is 8.90. The Morgan fingerprint density at radius 3 is 2.32 bits per heavy atom. The van der Waals surface area contributed by atoms with Crippen LogP contribution in [0.15, 0.2) is 59.7 Å². The lowest BCUT2D eigenvalue weighted by atomic mass is 10.2. The van der Waals surface area contributed by atoms with Crippen molar-refractivity contribution in [2.45, 2.75) is 6.61 Å². The van der Waals surface area contributed by atoms with Crippen molar-refractivity contribution in [3.8, 4) is 11.5 Å². The van der Waals surface area contributed by atoms with E-state index >= 15 is 0 Å². The molecule has 0 aliphatic rings. The predicted molar refractivity (Wildman–Crippen MR) is 125 cm³/mol. The average molecular weight is 498 g/mol. The maximum Gasteiger partial charge on any atom is 0.272 e. The Hall–Kier alpha value is -2.44. The van der Waals surface area contributed by atoms with Crippen LogP contribution >= 0.6 is 46.4 Å². The Labute approximate surface area is 199 Å². The normalized spacial score (nSPS) is 10.9. The minimum absolute atomic E-state index is 0.240. The minimum atomic E-state index is -0.454. The molecule has 0 saturated heterocycles. The summed E-state index contributed by atoms with van der Waals surface area (Å²) in [7, 11) is 1.53. The molecule has 5 nitrogen and oxygen atoms in total. The Morgan fingerprint density at radius 2 is 1.65 bits per heavy atom. The molecule has 1 N–H and O–H groups in total. The Bertz CT molecular complexity index is 1140. The lowest BCUT2D eigenvalue weighted by molar-refractivity contribution is 0.0955. The zero-order valence-electron chi connectivity index (χ0n) is 16.2. The third-order valence-corrected chi connectivity index (χ3v) is 5.28. The highest BCUT2D eigenvalue weighted by Crippen LogP contribution is 2.30. The average Bonchev–Trinajstić information content (AvgIpc) is 2.73. The number of halogens is 4. The highest BCUT2D eigenvalue weighted by atomic mass is 35.5. The van der Waals surface area contributed by atoms with Gasteiger partial charge in [-0.1, -0.05) is 52.5 Å². The van der Waals surface area contributed by atoms with Gasteiger partial charge in [0.2, 0.25) is 0 Å². The second-order valence-electron chi connectivity index (χ2n) is 6.26. The molecule has 0 unspecified atom stereocenters. The second-order valence-corrected chi connectivity index (χ2v) is 7.95. The van der Waals surface area contributed by atoms with Crippen molar-refractivity contribution in [3.63, 3.8) is 0 Å². The molecule has 9 heteroatoms. The van der Waals surface area contributed by atoms with Crippen molar-refractivity contribution in [1.29, 1.82) is 0 Å². The van der Waals surface area contributed by atoms with Crippen LogP contribution in [0.5, 0.6) is 11.5 Å². The Morgan fingerprint density at radius 1 is 0.935 bits per heavy atom. The van der Waals surface area contributed by atoms with Crippen LogP contribution in [0.2, 0.25) is 20.1 Å². The van der Waals surface area contributed by atoms with Crippen molar-refractivity contribution in [2.24, 2.45) is 5.10 Å². The zero-order valence-corrected chi connectivity index (χ0v) is 19.2. The van der Waals surface area contributed by atoms with E-state index in [0.717, 1.165) is 5.56 Å². The topological polar surface area (TPSA) is 59.9 Å². The fourth-order valence-electron chi connectivity index (χ4n) is 2.58. The molecular weight excluding hydrogens is 482 g/mol. The van der Waals surface area contributed by atoms with Crippen LogP contribution < -0.4 is 14.9 Å². The summed E-state index contributed by atoms with van der Waals surface area (Å²) in [5.74, 6) is 0.577. The molecule has 1 amide bonds. The molecule has 3 aromatic carbocycles. The molecule has 160 valence electrons. The Kier molecular flexibility index (Phi) is 8.04. The van der Waals surface area contributed by atoms with Gasteiger partial charge in [-0.15, -0.1) is 0 Å². The minimum Gasteiger partial charge on any atom is -0.493 e. The number of hydrazone groups is 1. The molecule has 0 atom stereocenters. The van der Waals surface area contributed by atoms with Crippen LogP contribution in [0.4, 0.5) is 0 Å². The molecule has 0 heterocycles. The fraction of sp³-hybridized carbons (Fsp3) is 0.0909. The van der Waals surface area contributed by atoms with E-state index in [0.29, 0.717) is 32.1 Å². The summed E-state index contributed by atoms with van der Waals surface area (Å²) in [5.41, 5.74) is 4.18. The molecule has 0 fully saturated rings. The molecule has 3 rings (SSSR count). The second kappa shape index (κ2) is 10.7. The molecular formula is C22H16Cl4N2O3. The largest absolute Gasteiger partial charge is 0.493 e. The van der Waals surface area contributed by atoms with Crippen molar-refractivity contribution in [3.05, 3.63) is 91.4 Å². The maximum atomic E-state index is 12.2. The van der Waals surface area contributed by atoms with E-state index in [2.05, 4.69) is 10.5 Å². The maximum absolute atomic E-state index is 12.2. The van der Waals surface area contributed by atoms with Crippen LogP contribution in [0.1, 0.15) is 21.5 Å². The van der Waals surface area contributed by atoms with E-state index in [-0.39, 0.29) is 17.2 Å². The number of carbonyl (C=O) groups is 1. The number of methoxy groups -OCH3 is 1. The molecule has 0 aliphatic carbocycles. The molecule has 3 aromatic rings. The number of amides is 1. The summed E-state index contributed by atoms with van der Waals surface area (Å²) in [6, 6.07) is 15.0. The molecule has 0 spiro atoms. The summed E-state index contributed by atoms with van der Waals surface area (Å²) >= 11 is 24.0. The summed E-state index contributed by atoms with van der Waals surface area (Å²) in [6.45, 7) is 0.248. The first-order valence-corrected chi connectivity index (χ1v) is 10.4. The number of hydrogen-bond donors (Lipinski definition) is 1. The molecule has 0 aromatic heterocycles. The zero-order chi connectivity index (χ0) is 22.4. The van der Waals surface area contributed by atoms with Gasteiger partial charge in [0.15, 0.2) is 11.5 Å². The Balaban J connectivity index is 1.65.